The van der Waals surface area contributed by atoms with Gasteiger partial charge in [0.15, 0.2) is 0 Å². The van der Waals surface area contributed by atoms with Gasteiger partial charge in [0.2, 0.25) is 0 Å². The third-order valence-electron chi connectivity index (χ3n) is 6.09. The quantitative estimate of drug-likeness (QED) is 0.793. The highest BCUT2D eigenvalue weighted by Gasteiger charge is 2.33. The number of nitrogens with zero attached hydrogens (tertiary/aromatic N) is 2. The second-order valence-electron chi connectivity index (χ2n) is 8.05. The Hall–Kier alpha value is -2.37. The Labute approximate surface area is 173 Å². The maximum atomic E-state index is 12.5. The van der Waals surface area contributed by atoms with E-state index in [-0.39, 0.29) is 6.03 Å². The summed E-state index contributed by atoms with van der Waals surface area (Å²) in [5.74, 6) is 0. The molecule has 5 nitrogen and oxygen atoms in total. The van der Waals surface area contributed by atoms with E-state index < -0.39 is 0 Å². The van der Waals surface area contributed by atoms with E-state index in [9.17, 15) is 4.79 Å². The van der Waals surface area contributed by atoms with Gasteiger partial charge in [-0.15, -0.1) is 0 Å². The molecule has 0 saturated carbocycles. The number of rotatable bonds is 6. The zero-order valence-electron chi connectivity index (χ0n) is 17.0. The van der Waals surface area contributed by atoms with Crippen LogP contribution in [0, 0.1) is 0 Å². The molecule has 0 unspecified atom stereocenters. The van der Waals surface area contributed by atoms with Crippen molar-refractivity contribution in [3.05, 3.63) is 66.2 Å². The lowest BCUT2D eigenvalue weighted by atomic mass is 10.0. The highest BCUT2D eigenvalue weighted by Crippen LogP contribution is 2.26. The van der Waals surface area contributed by atoms with Crippen LogP contribution in [0.2, 0.25) is 0 Å². The Kier molecular flexibility index (Phi) is 6.80. The fourth-order valence-corrected chi connectivity index (χ4v) is 4.53. The molecular weight excluding hydrogens is 362 g/mol. The molecule has 1 atom stereocenters. The molecule has 1 N–H and O–H groups in total. The number of carbonyl (C=O) groups excluding carboxylic acids is 1. The molecule has 2 aliphatic heterocycles. The first-order valence-corrected chi connectivity index (χ1v) is 10.8. The predicted octanol–water partition coefficient (Wildman–Crippen LogP) is 4.36. The van der Waals surface area contributed by atoms with Gasteiger partial charge in [0.05, 0.1) is 13.2 Å². The van der Waals surface area contributed by atoms with Crippen molar-refractivity contribution in [2.45, 2.75) is 44.4 Å². The van der Waals surface area contributed by atoms with Crippen molar-refractivity contribution in [2.24, 2.45) is 0 Å². The summed E-state index contributed by atoms with van der Waals surface area (Å²) in [7, 11) is 0. The first kappa shape index (κ1) is 19.9. The van der Waals surface area contributed by atoms with Crippen molar-refractivity contribution in [1.82, 2.24) is 9.80 Å². The Balaban J connectivity index is 1.22. The van der Waals surface area contributed by atoms with Crippen LogP contribution < -0.4 is 5.32 Å². The molecule has 2 aromatic carbocycles. The number of hydrogen-bond donors (Lipinski definition) is 1. The number of para-hydroxylation sites is 1. The zero-order valence-corrected chi connectivity index (χ0v) is 17.0. The number of benzene rings is 2. The summed E-state index contributed by atoms with van der Waals surface area (Å²) in [4.78, 5) is 17.1. The van der Waals surface area contributed by atoms with E-state index in [1.807, 2.05) is 41.3 Å². The van der Waals surface area contributed by atoms with Gasteiger partial charge in [-0.3, -0.25) is 4.90 Å². The van der Waals surface area contributed by atoms with Crippen molar-refractivity contribution >= 4 is 11.7 Å². The number of nitrogens with one attached hydrogen (secondary N) is 1. The molecule has 4 rings (SSSR count). The summed E-state index contributed by atoms with van der Waals surface area (Å²) in [6.45, 7) is 4.27. The lowest BCUT2D eigenvalue weighted by Gasteiger charge is -2.39. The number of carbonyl (C=O) groups is 1. The standard InChI is InChI=1S/C24H31N3O2/c28-24(25-21-10-5-2-6-11-21)26-16-13-22(14-17-26)27-15-7-12-23(27)19-29-18-20-8-3-1-4-9-20/h1-6,8-11,22-23H,7,12-19H2,(H,25,28)/t23-/m1/s1. The fraction of sp³-hybridized carbons (Fsp3) is 0.458. The predicted molar refractivity (Wildman–Crippen MR) is 116 cm³/mol. The molecule has 2 heterocycles. The Bertz CT molecular complexity index is 760. The number of hydrogen-bond acceptors (Lipinski definition) is 3. The van der Waals surface area contributed by atoms with Crippen molar-refractivity contribution in [3.8, 4) is 0 Å². The topological polar surface area (TPSA) is 44.8 Å². The van der Waals surface area contributed by atoms with E-state index in [1.165, 1.54) is 18.4 Å². The first-order valence-electron chi connectivity index (χ1n) is 10.8. The van der Waals surface area contributed by atoms with Gasteiger partial charge in [-0.1, -0.05) is 48.5 Å². The van der Waals surface area contributed by atoms with E-state index in [0.29, 0.717) is 18.7 Å². The minimum Gasteiger partial charge on any atom is -0.375 e. The summed E-state index contributed by atoms with van der Waals surface area (Å²) in [5.41, 5.74) is 2.09. The minimum absolute atomic E-state index is 0.0128. The number of urea groups is 1. The molecule has 0 radical (unpaired) electrons. The van der Waals surface area contributed by atoms with Crippen molar-refractivity contribution in [2.75, 3.05) is 31.6 Å². The Morgan fingerprint density at radius 1 is 0.931 bits per heavy atom. The summed E-state index contributed by atoms with van der Waals surface area (Å²) < 4.78 is 6.03. The smallest absolute Gasteiger partial charge is 0.321 e. The molecule has 0 aromatic heterocycles. The first-order chi connectivity index (χ1) is 14.3. The van der Waals surface area contributed by atoms with Gasteiger partial charge < -0.3 is 15.0 Å². The third kappa shape index (κ3) is 5.37. The monoisotopic (exact) mass is 393 g/mol. The second kappa shape index (κ2) is 9.90. The summed E-state index contributed by atoms with van der Waals surface area (Å²) in [5, 5.41) is 3.00. The number of anilines is 1. The van der Waals surface area contributed by atoms with Crippen molar-refractivity contribution in [1.29, 1.82) is 0 Å². The molecule has 2 amide bonds. The molecule has 29 heavy (non-hydrogen) atoms. The molecule has 2 fully saturated rings. The third-order valence-corrected chi connectivity index (χ3v) is 6.09. The van der Waals surface area contributed by atoms with Crippen LogP contribution >= 0.6 is 0 Å². The van der Waals surface area contributed by atoms with Crippen LogP contribution in [0.4, 0.5) is 10.5 Å². The van der Waals surface area contributed by atoms with Gasteiger partial charge in [0, 0.05) is 30.9 Å². The average molecular weight is 394 g/mol. The van der Waals surface area contributed by atoms with E-state index in [2.05, 4.69) is 34.5 Å². The fourth-order valence-electron chi connectivity index (χ4n) is 4.53. The molecule has 2 aromatic rings. The molecular formula is C24H31N3O2. The lowest BCUT2D eigenvalue weighted by Crippen LogP contribution is -2.50. The second-order valence-corrected chi connectivity index (χ2v) is 8.05. The number of ether oxygens (including phenoxy) is 1. The van der Waals surface area contributed by atoms with E-state index in [0.717, 1.165) is 44.8 Å². The maximum Gasteiger partial charge on any atom is 0.321 e. The molecule has 0 spiro atoms. The molecule has 154 valence electrons. The highest BCUT2D eigenvalue weighted by atomic mass is 16.5. The van der Waals surface area contributed by atoms with Crippen molar-refractivity contribution in [3.63, 3.8) is 0 Å². The number of amides is 2. The van der Waals surface area contributed by atoms with Crippen LogP contribution in [0.1, 0.15) is 31.2 Å². The zero-order chi connectivity index (χ0) is 19.9. The molecule has 5 heteroatoms. The average Bonchev–Trinajstić information content (AvgIpc) is 3.24. The largest absolute Gasteiger partial charge is 0.375 e. The minimum atomic E-state index is 0.0128. The lowest BCUT2D eigenvalue weighted by molar-refractivity contribution is 0.0374. The van der Waals surface area contributed by atoms with Crippen LogP contribution in [0.5, 0.6) is 0 Å². The molecule has 2 aliphatic rings. The molecule has 0 aliphatic carbocycles. The summed E-state index contributed by atoms with van der Waals surface area (Å²) >= 11 is 0. The molecule has 2 saturated heterocycles. The van der Waals surface area contributed by atoms with Gasteiger partial charge >= 0.3 is 6.03 Å². The van der Waals surface area contributed by atoms with Crippen LogP contribution in [0.15, 0.2) is 60.7 Å². The van der Waals surface area contributed by atoms with Gasteiger partial charge in [-0.25, -0.2) is 4.79 Å². The highest BCUT2D eigenvalue weighted by molar-refractivity contribution is 5.89. The van der Waals surface area contributed by atoms with E-state index >= 15 is 0 Å². The van der Waals surface area contributed by atoms with Gasteiger partial charge in [0.25, 0.3) is 0 Å². The SMILES string of the molecule is O=C(Nc1ccccc1)N1CCC(N2CCC[C@@H]2COCc2ccccc2)CC1. The van der Waals surface area contributed by atoms with Gasteiger partial charge in [-0.2, -0.15) is 0 Å². The normalized spacial score (nSPS) is 20.7. The Morgan fingerprint density at radius 2 is 1.62 bits per heavy atom. The molecule has 0 bridgehead atoms. The number of likely N-dealkylation sites (tertiary alicyclic amines) is 2. The van der Waals surface area contributed by atoms with Crippen LogP contribution in [-0.4, -0.2) is 54.2 Å². The van der Waals surface area contributed by atoms with Crippen LogP contribution in [-0.2, 0) is 11.3 Å². The van der Waals surface area contributed by atoms with Crippen LogP contribution in [0.3, 0.4) is 0 Å². The summed E-state index contributed by atoms with van der Waals surface area (Å²) in [6.07, 6.45) is 4.53. The van der Waals surface area contributed by atoms with E-state index in [1.54, 1.807) is 0 Å². The number of piperidine rings is 1. The van der Waals surface area contributed by atoms with Crippen LogP contribution in [0.25, 0.3) is 0 Å². The van der Waals surface area contributed by atoms with E-state index in [4.69, 9.17) is 4.74 Å². The summed E-state index contributed by atoms with van der Waals surface area (Å²) in [6, 6.07) is 21.1. The Morgan fingerprint density at radius 3 is 2.34 bits per heavy atom. The van der Waals surface area contributed by atoms with Gasteiger partial charge in [-0.05, 0) is 49.9 Å². The van der Waals surface area contributed by atoms with Gasteiger partial charge in [0.1, 0.15) is 0 Å². The van der Waals surface area contributed by atoms with Crippen molar-refractivity contribution < 1.29 is 9.53 Å². The maximum absolute atomic E-state index is 12.5.